The van der Waals surface area contributed by atoms with Gasteiger partial charge < -0.3 is 5.11 Å². The van der Waals surface area contributed by atoms with E-state index in [1.165, 1.54) is 0 Å². The summed E-state index contributed by atoms with van der Waals surface area (Å²) in [4.78, 5) is 1.75. The minimum absolute atomic E-state index is 0.123. The van der Waals surface area contributed by atoms with E-state index in [9.17, 15) is 0 Å². The highest BCUT2D eigenvalue weighted by molar-refractivity contribution is 4.73. The average molecular weight is 114 g/mol. The molecule has 0 rings (SSSR count). The van der Waals surface area contributed by atoms with Crippen LogP contribution in [-0.2, 0) is 0 Å². The summed E-state index contributed by atoms with van der Waals surface area (Å²) in [7, 11) is 1.79. The molecule has 0 aromatic heterocycles. The average Bonchev–Trinajstić information content (AvgIpc) is 1.68. The first-order chi connectivity index (χ1) is 3.81. The van der Waals surface area contributed by atoms with E-state index in [0.29, 0.717) is 13.1 Å². The lowest BCUT2D eigenvalue weighted by Crippen LogP contribution is -2.21. The molecule has 0 saturated carbocycles. The predicted molar refractivity (Wildman–Crippen MR) is 30.2 cm³/mol. The first kappa shape index (κ1) is 7.41. The molecule has 0 saturated heterocycles. The molecule has 0 heterocycles. The molecule has 0 radical (unpaired) electrons. The normalized spacial score (nSPS) is 9.25. The van der Waals surface area contributed by atoms with Crippen LogP contribution in [0.15, 0.2) is 0 Å². The second kappa shape index (κ2) is 4.57. The Hall–Kier alpha value is -0.590. The molecule has 0 fully saturated rings. The van der Waals surface area contributed by atoms with Gasteiger partial charge in [0.05, 0.1) is 19.2 Å². The summed E-state index contributed by atoms with van der Waals surface area (Å²) in [6, 6.07) is 1.97. The maximum Gasteiger partial charge on any atom is 0.0864 e. The van der Waals surface area contributed by atoms with Gasteiger partial charge in [0.15, 0.2) is 0 Å². The van der Waals surface area contributed by atoms with Gasteiger partial charge in [0.2, 0.25) is 0 Å². The van der Waals surface area contributed by atoms with E-state index in [1.54, 1.807) is 11.9 Å². The van der Waals surface area contributed by atoms with Crippen molar-refractivity contribution < 1.29 is 5.11 Å². The molecule has 0 bridgehead atoms. The van der Waals surface area contributed by atoms with Gasteiger partial charge in [0.1, 0.15) is 0 Å². The molecule has 0 amide bonds. The van der Waals surface area contributed by atoms with E-state index in [0.717, 1.165) is 0 Å². The molecule has 0 aromatic rings. The second-order valence-electron chi connectivity index (χ2n) is 1.62. The molecule has 46 valence electrons. The molecule has 0 unspecified atom stereocenters. The minimum Gasteiger partial charge on any atom is -0.395 e. The van der Waals surface area contributed by atoms with Crippen LogP contribution in [0.2, 0.25) is 0 Å². The lowest BCUT2D eigenvalue weighted by Gasteiger charge is -2.07. The Kier molecular flexibility index (Phi) is 4.23. The van der Waals surface area contributed by atoms with Crippen LogP contribution in [0.25, 0.3) is 0 Å². The zero-order chi connectivity index (χ0) is 6.41. The topological polar surface area (TPSA) is 47.3 Å². The highest BCUT2D eigenvalue weighted by atomic mass is 16.3. The third-order valence-electron chi connectivity index (χ3n) is 0.822. The quantitative estimate of drug-likeness (QED) is 0.500. The summed E-state index contributed by atoms with van der Waals surface area (Å²) >= 11 is 0. The Morgan fingerprint density at radius 2 is 2.38 bits per heavy atom. The number of hydrogen-bond acceptors (Lipinski definition) is 3. The first-order valence-electron chi connectivity index (χ1n) is 2.47. The fourth-order valence-corrected chi connectivity index (χ4v) is 0.370. The van der Waals surface area contributed by atoms with Gasteiger partial charge >= 0.3 is 0 Å². The van der Waals surface area contributed by atoms with Crippen LogP contribution in [0.5, 0.6) is 0 Å². The fourth-order valence-electron chi connectivity index (χ4n) is 0.370. The zero-order valence-electron chi connectivity index (χ0n) is 4.96. The number of aliphatic hydroxyl groups is 1. The van der Waals surface area contributed by atoms with Gasteiger partial charge in [-0.1, -0.05) is 0 Å². The molecular formula is C5H10N2O. The van der Waals surface area contributed by atoms with E-state index in [1.807, 2.05) is 6.07 Å². The number of rotatable bonds is 3. The highest BCUT2D eigenvalue weighted by Gasteiger charge is 1.91. The third-order valence-corrected chi connectivity index (χ3v) is 0.822. The summed E-state index contributed by atoms with van der Waals surface area (Å²) in [5, 5.41) is 16.4. The third kappa shape index (κ3) is 3.59. The van der Waals surface area contributed by atoms with E-state index in [4.69, 9.17) is 10.4 Å². The molecule has 8 heavy (non-hydrogen) atoms. The van der Waals surface area contributed by atoms with Gasteiger partial charge in [-0.15, -0.1) is 0 Å². The molecule has 3 nitrogen and oxygen atoms in total. The highest BCUT2D eigenvalue weighted by Crippen LogP contribution is 1.75. The van der Waals surface area contributed by atoms with E-state index < -0.39 is 0 Å². The zero-order valence-corrected chi connectivity index (χ0v) is 4.96. The largest absolute Gasteiger partial charge is 0.395 e. The summed E-state index contributed by atoms with van der Waals surface area (Å²) in [5.74, 6) is 0. The van der Waals surface area contributed by atoms with Crippen molar-refractivity contribution >= 4 is 0 Å². The number of nitriles is 1. The molecular weight excluding hydrogens is 104 g/mol. The van der Waals surface area contributed by atoms with Gasteiger partial charge in [0, 0.05) is 6.54 Å². The fraction of sp³-hybridized carbons (Fsp3) is 0.800. The monoisotopic (exact) mass is 114 g/mol. The van der Waals surface area contributed by atoms with Crippen molar-refractivity contribution in [3.63, 3.8) is 0 Å². The number of aliphatic hydroxyl groups excluding tert-OH is 1. The van der Waals surface area contributed by atoms with Crippen LogP contribution in [-0.4, -0.2) is 36.8 Å². The van der Waals surface area contributed by atoms with Crippen molar-refractivity contribution in [3.05, 3.63) is 0 Å². The van der Waals surface area contributed by atoms with E-state index in [2.05, 4.69) is 0 Å². The van der Waals surface area contributed by atoms with Gasteiger partial charge in [-0.2, -0.15) is 5.26 Å². The molecule has 0 aliphatic rings. The number of nitrogens with zero attached hydrogens (tertiary/aromatic N) is 2. The van der Waals surface area contributed by atoms with Crippen molar-refractivity contribution in [2.45, 2.75) is 0 Å². The summed E-state index contributed by atoms with van der Waals surface area (Å²) < 4.78 is 0. The molecule has 0 atom stereocenters. The molecule has 0 aliphatic heterocycles. The van der Waals surface area contributed by atoms with Crippen molar-refractivity contribution in [3.8, 4) is 6.07 Å². The van der Waals surface area contributed by atoms with Crippen LogP contribution in [0, 0.1) is 11.3 Å². The lowest BCUT2D eigenvalue weighted by atomic mass is 10.5. The maximum absolute atomic E-state index is 8.31. The van der Waals surface area contributed by atoms with Crippen molar-refractivity contribution in [2.75, 3.05) is 26.7 Å². The van der Waals surface area contributed by atoms with Gasteiger partial charge in [-0.25, -0.2) is 0 Å². The van der Waals surface area contributed by atoms with Gasteiger partial charge in [-0.05, 0) is 7.05 Å². The van der Waals surface area contributed by atoms with Crippen molar-refractivity contribution in [1.29, 1.82) is 5.26 Å². The van der Waals surface area contributed by atoms with Crippen molar-refractivity contribution in [2.24, 2.45) is 0 Å². The number of hydrogen-bond donors (Lipinski definition) is 1. The lowest BCUT2D eigenvalue weighted by molar-refractivity contribution is 0.233. The SMILES string of the molecule is CN(CC#N)CCO. The Bertz CT molecular complexity index is 86.9. The summed E-state index contributed by atoms with van der Waals surface area (Å²) in [5.41, 5.74) is 0. The molecule has 0 aliphatic carbocycles. The molecule has 0 aromatic carbocycles. The van der Waals surface area contributed by atoms with Crippen molar-refractivity contribution in [1.82, 2.24) is 4.90 Å². The van der Waals surface area contributed by atoms with E-state index in [-0.39, 0.29) is 6.61 Å². The van der Waals surface area contributed by atoms with Gasteiger partial charge in [0.25, 0.3) is 0 Å². The Balaban J connectivity index is 3.08. The molecule has 1 N–H and O–H groups in total. The summed E-state index contributed by atoms with van der Waals surface area (Å²) in [6.45, 7) is 1.09. The standard InChI is InChI=1S/C5H10N2O/c1-7(3-2-6)4-5-8/h8H,3-5H2,1H3. The smallest absolute Gasteiger partial charge is 0.0864 e. The van der Waals surface area contributed by atoms with E-state index >= 15 is 0 Å². The Labute approximate surface area is 49.1 Å². The molecule has 3 heteroatoms. The maximum atomic E-state index is 8.31. The van der Waals surface area contributed by atoms with Crippen LogP contribution in [0.4, 0.5) is 0 Å². The van der Waals surface area contributed by atoms with Crippen LogP contribution in [0.3, 0.4) is 0 Å². The van der Waals surface area contributed by atoms with Gasteiger partial charge in [-0.3, -0.25) is 4.90 Å². The Morgan fingerprint density at radius 1 is 1.75 bits per heavy atom. The summed E-state index contributed by atoms with van der Waals surface area (Å²) in [6.07, 6.45) is 0. The van der Waals surface area contributed by atoms with Crippen LogP contribution < -0.4 is 0 Å². The number of likely N-dealkylation sites (N-methyl/N-ethyl adjacent to an activating group) is 1. The Morgan fingerprint density at radius 3 is 2.75 bits per heavy atom. The molecule has 0 spiro atoms. The minimum atomic E-state index is 0.123. The second-order valence-corrected chi connectivity index (χ2v) is 1.62. The van der Waals surface area contributed by atoms with Crippen LogP contribution in [0.1, 0.15) is 0 Å². The predicted octanol–water partition coefficient (Wildman–Crippen LogP) is -0.566. The first-order valence-corrected chi connectivity index (χ1v) is 2.47. The van der Waals surface area contributed by atoms with Crippen LogP contribution >= 0.6 is 0 Å².